The molecule has 3 heteroatoms. The summed E-state index contributed by atoms with van der Waals surface area (Å²) in [4.78, 5) is 12.2. The van der Waals surface area contributed by atoms with E-state index in [2.05, 4.69) is 0 Å². The Morgan fingerprint density at radius 3 is 2.33 bits per heavy atom. The molecule has 1 fully saturated rings. The maximum Gasteiger partial charge on any atom is 0.167 e. The Kier molecular flexibility index (Phi) is 3.82. The van der Waals surface area contributed by atoms with Gasteiger partial charge in [0.25, 0.3) is 0 Å². The first kappa shape index (κ1) is 13.9. The second-order valence-electron chi connectivity index (χ2n) is 5.59. The van der Waals surface area contributed by atoms with E-state index in [0.29, 0.717) is 11.5 Å². The summed E-state index contributed by atoms with van der Waals surface area (Å²) in [6.45, 7) is 0. The molecule has 1 aliphatic rings. The van der Waals surface area contributed by atoms with Gasteiger partial charge in [0.1, 0.15) is 11.6 Å². The molecule has 108 valence electrons. The fourth-order valence-corrected chi connectivity index (χ4v) is 2.62. The largest absolute Gasteiger partial charge is 0.294 e. The number of benzene rings is 2. The predicted octanol–water partition coefficient (Wildman–Crippen LogP) is 4.66. The van der Waals surface area contributed by atoms with Gasteiger partial charge < -0.3 is 0 Å². The van der Waals surface area contributed by atoms with Crippen molar-refractivity contribution in [2.24, 2.45) is 0 Å². The number of Topliss-reactive ketones (excluding diaryl/α,β-unsaturated/α-hetero) is 1. The molecule has 0 saturated heterocycles. The second kappa shape index (κ2) is 5.76. The summed E-state index contributed by atoms with van der Waals surface area (Å²) in [5.74, 6) is -0.827. The van der Waals surface area contributed by atoms with Gasteiger partial charge in [-0.3, -0.25) is 4.79 Å². The number of rotatable bonds is 4. The van der Waals surface area contributed by atoms with Crippen molar-refractivity contribution in [2.45, 2.75) is 31.6 Å². The van der Waals surface area contributed by atoms with Crippen molar-refractivity contribution in [3.8, 4) is 0 Å². The molecule has 1 saturated carbocycles. The van der Waals surface area contributed by atoms with Gasteiger partial charge in [-0.1, -0.05) is 36.8 Å². The number of ketones is 1. The lowest BCUT2D eigenvalue weighted by atomic mass is 9.80. The first-order chi connectivity index (χ1) is 10.1. The van der Waals surface area contributed by atoms with Gasteiger partial charge in [0.05, 0.1) is 0 Å². The Labute approximate surface area is 122 Å². The summed E-state index contributed by atoms with van der Waals surface area (Å²) < 4.78 is 26.4. The van der Waals surface area contributed by atoms with Gasteiger partial charge in [-0.25, -0.2) is 8.78 Å². The summed E-state index contributed by atoms with van der Waals surface area (Å²) in [5.41, 5.74) is 2.07. The molecule has 0 radical (unpaired) electrons. The minimum atomic E-state index is -0.672. The lowest BCUT2D eigenvalue weighted by molar-refractivity contribution is 0.0991. The number of carbonyl (C=O) groups excluding carboxylic acids is 1. The third-order valence-electron chi connectivity index (χ3n) is 4.18. The van der Waals surface area contributed by atoms with Crippen LogP contribution in [0, 0.1) is 11.6 Å². The minimum Gasteiger partial charge on any atom is -0.294 e. The lowest BCUT2D eigenvalue weighted by Gasteiger charge is -2.25. The van der Waals surface area contributed by atoms with Gasteiger partial charge in [0.2, 0.25) is 0 Å². The molecule has 0 aliphatic heterocycles. The summed E-state index contributed by atoms with van der Waals surface area (Å²) in [7, 11) is 0. The monoisotopic (exact) mass is 286 g/mol. The number of hydrogen-bond donors (Lipinski definition) is 0. The number of halogens is 2. The number of carbonyl (C=O) groups is 1. The average molecular weight is 286 g/mol. The third-order valence-corrected chi connectivity index (χ3v) is 4.18. The van der Waals surface area contributed by atoms with Gasteiger partial charge in [-0.15, -0.1) is 0 Å². The fourth-order valence-electron chi connectivity index (χ4n) is 2.62. The van der Waals surface area contributed by atoms with Crippen molar-refractivity contribution >= 4 is 5.78 Å². The molecule has 0 heterocycles. The maximum absolute atomic E-state index is 13.6. The Morgan fingerprint density at radius 2 is 1.76 bits per heavy atom. The Bertz CT molecular complexity index is 657. The van der Waals surface area contributed by atoms with Crippen LogP contribution in [-0.4, -0.2) is 5.78 Å². The van der Waals surface area contributed by atoms with E-state index in [-0.39, 0.29) is 17.8 Å². The number of hydrogen-bond acceptors (Lipinski definition) is 1. The zero-order chi connectivity index (χ0) is 14.8. The van der Waals surface area contributed by atoms with Gasteiger partial charge in [0.15, 0.2) is 5.78 Å². The molecule has 0 aromatic heterocycles. The Morgan fingerprint density at radius 1 is 1.05 bits per heavy atom. The molecule has 0 N–H and O–H groups in total. The quantitative estimate of drug-likeness (QED) is 0.747. The first-order valence-electron chi connectivity index (χ1n) is 7.20. The third kappa shape index (κ3) is 3.02. The van der Waals surface area contributed by atoms with Crippen LogP contribution in [-0.2, 0) is 6.42 Å². The molecule has 0 spiro atoms. The van der Waals surface area contributed by atoms with Crippen molar-refractivity contribution < 1.29 is 13.6 Å². The molecule has 0 atom stereocenters. The highest BCUT2D eigenvalue weighted by molar-refractivity contribution is 5.97. The fraction of sp³-hybridized carbons (Fsp3) is 0.278. The first-order valence-corrected chi connectivity index (χ1v) is 7.20. The maximum atomic E-state index is 13.6. The summed E-state index contributed by atoms with van der Waals surface area (Å²) in [6, 6.07) is 10.9. The predicted molar refractivity (Wildman–Crippen MR) is 77.4 cm³/mol. The van der Waals surface area contributed by atoms with Crippen LogP contribution in [0.4, 0.5) is 8.78 Å². The summed E-state index contributed by atoms with van der Waals surface area (Å²) in [6.07, 6.45) is 3.66. The van der Waals surface area contributed by atoms with Gasteiger partial charge in [0, 0.05) is 18.1 Å². The van der Waals surface area contributed by atoms with E-state index in [9.17, 15) is 13.6 Å². The highest BCUT2D eigenvalue weighted by Crippen LogP contribution is 2.36. The average Bonchev–Trinajstić information content (AvgIpc) is 2.41. The van der Waals surface area contributed by atoms with Crippen molar-refractivity contribution in [1.29, 1.82) is 0 Å². The van der Waals surface area contributed by atoms with Crippen molar-refractivity contribution in [1.82, 2.24) is 0 Å². The van der Waals surface area contributed by atoms with Gasteiger partial charge >= 0.3 is 0 Å². The minimum absolute atomic E-state index is 0.0467. The molecule has 0 bridgehead atoms. The topological polar surface area (TPSA) is 17.1 Å². The molecule has 0 unspecified atom stereocenters. The van der Waals surface area contributed by atoms with Crippen LogP contribution < -0.4 is 0 Å². The molecule has 3 rings (SSSR count). The van der Waals surface area contributed by atoms with E-state index in [1.165, 1.54) is 37.0 Å². The highest BCUT2D eigenvalue weighted by Gasteiger charge is 2.19. The van der Waals surface area contributed by atoms with Crippen molar-refractivity contribution in [2.75, 3.05) is 0 Å². The van der Waals surface area contributed by atoms with Crippen LogP contribution in [0.2, 0.25) is 0 Å². The summed E-state index contributed by atoms with van der Waals surface area (Å²) in [5, 5.41) is 0. The van der Waals surface area contributed by atoms with E-state index in [0.717, 1.165) is 6.07 Å². The Balaban J connectivity index is 1.72. The lowest BCUT2D eigenvalue weighted by Crippen LogP contribution is -2.09. The van der Waals surface area contributed by atoms with Crippen LogP contribution in [0.15, 0.2) is 42.5 Å². The van der Waals surface area contributed by atoms with E-state index in [4.69, 9.17) is 0 Å². The van der Waals surface area contributed by atoms with Crippen molar-refractivity contribution in [3.63, 3.8) is 0 Å². The van der Waals surface area contributed by atoms with E-state index in [1.54, 1.807) is 12.1 Å². The zero-order valence-corrected chi connectivity index (χ0v) is 11.6. The Hall–Kier alpha value is -2.03. The molecule has 0 amide bonds. The molecule has 2 aromatic carbocycles. The molecule has 1 nitrogen and oxygen atoms in total. The molecule has 21 heavy (non-hydrogen) atoms. The molecular weight excluding hydrogens is 270 g/mol. The van der Waals surface area contributed by atoms with Crippen LogP contribution in [0.25, 0.3) is 0 Å². The zero-order valence-electron chi connectivity index (χ0n) is 11.6. The van der Waals surface area contributed by atoms with E-state index in [1.807, 2.05) is 12.1 Å². The van der Waals surface area contributed by atoms with Gasteiger partial charge in [-0.2, -0.15) is 0 Å². The SMILES string of the molecule is O=C(Cc1ccc(F)cc1F)c1ccc(C2CCC2)cc1. The molecular formula is C18H16F2O. The van der Waals surface area contributed by atoms with Crippen LogP contribution in [0.3, 0.4) is 0 Å². The molecule has 1 aliphatic carbocycles. The van der Waals surface area contributed by atoms with Crippen LogP contribution in [0.1, 0.15) is 46.7 Å². The van der Waals surface area contributed by atoms with Crippen LogP contribution in [0.5, 0.6) is 0 Å². The van der Waals surface area contributed by atoms with Crippen LogP contribution >= 0.6 is 0 Å². The van der Waals surface area contributed by atoms with Crippen molar-refractivity contribution in [3.05, 3.63) is 70.8 Å². The normalized spacial score (nSPS) is 14.8. The smallest absolute Gasteiger partial charge is 0.167 e. The molecule has 2 aromatic rings. The van der Waals surface area contributed by atoms with E-state index < -0.39 is 11.6 Å². The van der Waals surface area contributed by atoms with Gasteiger partial charge in [-0.05, 0) is 36.0 Å². The summed E-state index contributed by atoms with van der Waals surface area (Å²) >= 11 is 0. The second-order valence-corrected chi connectivity index (χ2v) is 5.59. The highest BCUT2D eigenvalue weighted by atomic mass is 19.1. The van der Waals surface area contributed by atoms with E-state index >= 15 is 0 Å². The standard InChI is InChI=1S/C18H16F2O/c19-16-9-8-15(17(20)11-16)10-18(21)14-6-4-13(5-7-14)12-2-1-3-12/h4-9,11-12H,1-3,10H2.